The molecule has 5 aliphatic rings. The summed E-state index contributed by atoms with van der Waals surface area (Å²) in [5.74, 6) is -2.86. The third-order valence-electron chi connectivity index (χ3n) is 8.57. The highest BCUT2D eigenvalue weighted by atomic mass is 16.6. The molecule has 1 spiro atoms. The zero-order chi connectivity index (χ0) is 18.0. The molecular weight excluding hydrogens is 324 g/mol. The number of aliphatic hydroxyl groups is 2. The molecule has 4 aliphatic carbocycles. The molecular formula is C19H24O6. The van der Waals surface area contributed by atoms with Crippen LogP contribution in [0.5, 0.6) is 0 Å². The van der Waals surface area contributed by atoms with E-state index >= 15 is 0 Å². The molecule has 6 heteroatoms. The van der Waals surface area contributed by atoms with E-state index in [1.807, 2.05) is 0 Å². The van der Waals surface area contributed by atoms with Crippen LogP contribution in [0.1, 0.15) is 45.4 Å². The predicted molar refractivity (Wildman–Crippen MR) is 85.3 cm³/mol. The molecule has 5 fully saturated rings. The fourth-order valence-corrected chi connectivity index (χ4v) is 7.65. The molecule has 0 radical (unpaired) electrons. The van der Waals surface area contributed by atoms with Gasteiger partial charge in [-0.05, 0) is 56.4 Å². The largest absolute Gasteiger partial charge is 0.481 e. The lowest BCUT2D eigenvalue weighted by Crippen LogP contribution is -2.53. The molecule has 1 aliphatic heterocycles. The van der Waals surface area contributed by atoms with Crippen LogP contribution in [0.3, 0.4) is 0 Å². The van der Waals surface area contributed by atoms with E-state index in [1.165, 1.54) is 0 Å². The number of fused-ring (bicyclic) bond motifs is 1. The summed E-state index contributed by atoms with van der Waals surface area (Å²) in [6.07, 6.45) is 2.08. The van der Waals surface area contributed by atoms with Gasteiger partial charge >= 0.3 is 11.9 Å². The number of carboxylic acids is 1. The highest BCUT2D eigenvalue weighted by molar-refractivity contribution is 5.85. The standard InChI is InChI=1S/C19H24O6/c1-9-7-17-8-18(9,24)5-3-10(17)19-6-4-11(20)16(2,15(23)25-19)13(19)12(17)14(21)22/h10-13,20,24H,1,3-8H2,2H3,(H,21,22)/t10-,11+,12-,13-,16+,17+,18+,19?/m1/s1. The second kappa shape index (κ2) is 4.12. The van der Waals surface area contributed by atoms with E-state index in [9.17, 15) is 24.9 Å². The summed E-state index contributed by atoms with van der Waals surface area (Å²) in [4.78, 5) is 25.1. The second-order valence-corrected chi connectivity index (χ2v) is 9.29. The van der Waals surface area contributed by atoms with Crippen molar-refractivity contribution in [3.05, 3.63) is 12.2 Å². The van der Waals surface area contributed by atoms with Crippen molar-refractivity contribution in [2.45, 2.75) is 62.8 Å². The first-order valence-corrected chi connectivity index (χ1v) is 9.17. The van der Waals surface area contributed by atoms with Crippen LogP contribution in [0.2, 0.25) is 0 Å². The average Bonchev–Trinajstić information content (AvgIpc) is 2.95. The van der Waals surface area contributed by atoms with Gasteiger partial charge in [-0.3, -0.25) is 9.59 Å². The van der Waals surface area contributed by atoms with E-state index < -0.39 is 51.9 Å². The van der Waals surface area contributed by atoms with E-state index in [0.29, 0.717) is 44.1 Å². The monoisotopic (exact) mass is 348 g/mol. The number of ether oxygens (including phenoxy) is 1. The Kier molecular flexibility index (Phi) is 2.61. The van der Waals surface area contributed by atoms with E-state index in [2.05, 4.69) is 6.58 Å². The van der Waals surface area contributed by atoms with Crippen LogP contribution in [0.15, 0.2) is 12.2 Å². The van der Waals surface area contributed by atoms with Crippen LogP contribution in [-0.2, 0) is 14.3 Å². The van der Waals surface area contributed by atoms with E-state index in [-0.39, 0.29) is 5.92 Å². The van der Waals surface area contributed by atoms with Gasteiger partial charge in [0.25, 0.3) is 0 Å². The van der Waals surface area contributed by atoms with Crippen LogP contribution in [0.25, 0.3) is 0 Å². The molecule has 1 unspecified atom stereocenters. The van der Waals surface area contributed by atoms with Crippen molar-refractivity contribution in [3.63, 3.8) is 0 Å². The number of carbonyl (C=O) groups is 2. The minimum absolute atomic E-state index is 0.0936. The lowest BCUT2D eigenvalue weighted by molar-refractivity contribution is -0.164. The summed E-state index contributed by atoms with van der Waals surface area (Å²) in [6.45, 7) is 5.71. The Morgan fingerprint density at radius 3 is 2.72 bits per heavy atom. The van der Waals surface area contributed by atoms with Gasteiger partial charge in [-0.25, -0.2) is 0 Å². The Morgan fingerprint density at radius 1 is 1.32 bits per heavy atom. The number of rotatable bonds is 1. The Hall–Kier alpha value is -1.40. The molecule has 4 bridgehead atoms. The third-order valence-corrected chi connectivity index (χ3v) is 8.57. The van der Waals surface area contributed by atoms with Crippen LogP contribution in [0.4, 0.5) is 0 Å². The molecule has 4 saturated carbocycles. The summed E-state index contributed by atoms with van der Waals surface area (Å²) in [6, 6.07) is 0. The minimum Gasteiger partial charge on any atom is -0.481 e. The van der Waals surface area contributed by atoms with E-state index in [4.69, 9.17) is 4.74 Å². The van der Waals surface area contributed by atoms with Gasteiger partial charge in [0.1, 0.15) is 5.60 Å². The highest BCUT2D eigenvalue weighted by Crippen LogP contribution is 2.78. The van der Waals surface area contributed by atoms with Gasteiger partial charge in [-0.1, -0.05) is 6.58 Å². The topological polar surface area (TPSA) is 104 Å². The quantitative estimate of drug-likeness (QED) is 0.487. The van der Waals surface area contributed by atoms with Gasteiger partial charge in [0.05, 0.1) is 23.0 Å². The molecule has 3 N–H and O–H groups in total. The maximum atomic E-state index is 12.7. The van der Waals surface area contributed by atoms with E-state index in [0.717, 1.165) is 0 Å². The fourth-order valence-electron chi connectivity index (χ4n) is 7.65. The first-order valence-electron chi connectivity index (χ1n) is 9.17. The Labute approximate surface area is 145 Å². The molecule has 0 aromatic carbocycles. The molecule has 1 saturated heterocycles. The van der Waals surface area contributed by atoms with Crippen molar-refractivity contribution in [2.24, 2.45) is 28.6 Å². The molecule has 5 rings (SSSR count). The number of aliphatic carboxylic acids is 1. The van der Waals surface area contributed by atoms with Gasteiger partial charge in [-0.2, -0.15) is 0 Å². The van der Waals surface area contributed by atoms with Crippen molar-refractivity contribution in [3.8, 4) is 0 Å². The Bertz CT molecular complexity index is 731. The summed E-state index contributed by atoms with van der Waals surface area (Å²) >= 11 is 0. The van der Waals surface area contributed by atoms with Gasteiger partial charge in [0.2, 0.25) is 0 Å². The normalized spacial score (nSPS) is 58.7. The van der Waals surface area contributed by atoms with Crippen LogP contribution >= 0.6 is 0 Å². The molecule has 0 aromatic heterocycles. The minimum atomic E-state index is -1.19. The molecule has 0 amide bonds. The zero-order valence-electron chi connectivity index (χ0n) is 14.3. The van der Waals surface area contributed by atoms with E-state index in [1.54, 1.807) is 6.92 Å². The van der Waals surface area contributed by atoms with Crippen molar-refractivity contribution in [2.75, 3.05) is 0 Å². The van der Waals surface area contributed by atoms with Crippen molar-refractivity contribution in [1.29, 1.82) is 0 Å². The van der Waals surface area contributed by atoms with Crippen molar-refractivity contribution in [1.82, 2.24) is 0 Å². The summed E-state index contributed by atoms with van der Waals surface area (Å²) in [5, 5.41) is 31.7. The Morgan fingerprint density at radius 2 is 2.04 bits per heavy atom. The number of aliphatic hydroxyl groups excluding tert-OH is 1. The van der Waals surface area contributed by atoms with Crippen LogP contribution in [-0.4, -0.2) is 44.6 Å². The predicted octanol–water partition coefficient (Wildman–Crippen LogP) is 1.25. The lowest BCUT2D eigenvalue weighted by atomic mass is 9.59. The number of esters is 1. The van der Waals surface area contributed by atoms with Crippen molar-refractivity contribution >= 4 is 11.9 Å². The first kappa shape index (κ1) is 15.8. The number of hydrogen-bond donors (Lipinski definition) is 3. The molecule has 1 heterocycles. The Balaban J connectivity index is 1.76. The van der Waals surface area contributed by atoms with Gasteiger partial charge < -0.3 is 20.1 Å². The molecule has 0 aromatic rings. The zero-order valence-corrected chi connectivity index (χ0v) is 14.3. The number of carboxylic acid groups (broad SMARTS) is 1. The maximum Gasteiger partial charge on any atom is 0.315 e. The summed E-state index contributed by atoms with van der Waals surface area (Å²) in [7, 11) is 0. The fraction of sp³-hybridized carbons (Fsp3) is 0.789. The van der Waals surface area contributed by atoms with Gasteiger partial charge in [0, 0.05) is 11.8 Å². The molecule has 6 nitrogen and oxygen atoms in total. The van der Waals surface area contributed by atoms with Crippen LogP contribution < -0.4 is 0 Å². The molecule has 8 atom stereocenters. The van der Waals surface area contributed by atoms with Gasteiger partial charge in [-0.15, -0.1) is 0 Å². The first-order chi connectivity index (χ1) is 11.6. The maximum absolute atomic E-state index is 12.7. The van der Waals surface area contributed by atoms with Crippen molar-refractivity contribution < 1.29 is 29.6 Å². The third kappa shape index (κ3) is 1.41. The summed E-state index contributed by atoms with van der Waals surface area (Å²) in [5.41, 5.74) is -2.93. The summed E-state index contributed by atoms with van der Waals surface area (Å²) < 4.78 is 5.96. The van der Waals surface area contributed by atoms with Crippen LogP contribution in [0, 0.1) is 28.6 Å². The highest BCUT2D eigenvalue weighted by Gasteiger charge is 2.84. The second-order valence-electron chi connectivity index (χ2n) is 9.29. The molecule has 25 heavy (non-hydrogen) atoms. The van der Waals surface area contributed by atoms with Gasteiger partial charge in [0.15, 0.2) is 0 Å². The SMILES string of the molecule is C=C1C[C@]23C[C@@]1(O)CC[C@H]2C12CC[C@H](O)[C@](C)(C(=O)O1)[C@H]2[C@@H]3C(=O)O. The number of hydrogen-bond acceptors (Lipinski definition) is 5. The lowest BCUT2D eigenvalue weighted by Gasteiger charge is -2.45. The number of carbonyl (C=O) groups excluding carboxylic acids is 1. The smallest absolute Gasteiger partial charge is 0.315 e. The molecule has 136 valence electrons. The average molecular weight is 348 g/mol.